The Kier molecular flexibility index (Phi) is 4.40. The molecule has 26 heavy (non-hydrogen) atoms. The third-order valence-corrected chi connectivity index (χ3v) is 6.67. The molecule has 2 heterocycles. The quantitative estimate of drug-likeness (QED) is 0.875. The lowest BCUT2D eigenvalue weighted by Crippen LogP contribution is -2.27. The number of nitrogens with one attached hydrogen (secondary N) is 1. The van der Waals surface area contributed by atoms with Crippen LogP contribution < -0.4 is 14.2 Å². The number of sulfonamides is 1. The molecular formula is C20H23NO4S. The number of benzene rings is 2. The number of aryl methyl sites for hydroxylation is 2. The van der Waals surface area contributed by atoms with Crippen LogP contribution in [0.15, 0.2) is 29.2 Å². The van der Waals surface area contributed by atoms with Crippen molar-refractivity contribution in [3.63, 3.8) is 0 Å². The molecule has 0 unspecified atom stereocenters. The van der Waals surface area contributed by atoms with Gasteiger partial charge in [-0.2, -0.15) is 0 Å². The minimum atomic E-state index is -3.53. The highest BCUT2D eigenvalue weighted by atomic mass is 32.2. The van der Waals surface area contributed by atoms with Gasteiger partial charge in [-0.25, -0.2) is 13.1 Å². The van der Waals surface area contributed by atoms with Crippen LogP contribution in [0.3, 0.4) is 0 Å². The molecule has 0 aliphatic carbocycles. The number of fused-ring (bicyclic) bond motifs is 2. The predicted octanol–water partition coefficient (Wildman–Crippen LogP) is 2.69. The van der Waals surface area contributed by atoms with Crippen LogP contribution in [0.1, 0.15) is 27.8 Å². The molecule has 0 spiro atoms. The Bertz CT molecular complexity index is 934. The van der Waals surface area contributed by atoms with Crippen molar-refractivity contribution in [3.8, 4) is 11.5 Å². The molecule has 138 valence electrons. The summed E-state index contributed by atoms with van der Waals surface area (Å²) in [6.07, 6.45) is 2.33. The van der Waals surface area contributed by atoms with E-state index in [0.717, 1.165) is 52.2 Å². The molecule has 0 atom stereocenters. The van der Waals surface area contributed by atoms with Crippen LogP contribution in [0.25, 0.3) is 0 Å². The average Bonchev–Trinajstić information content (AvgIpc) is 3.22. The van der Waals surface area contributed by atoms with Gasteiger partial charge in [-0.15, -0.1) is 0 Å². The molecule has 1 N–H and O–H groups in total. The monoisotopic (exact) mass is 373 g/mol. The first-order valence-corrected chi connectivity index (χ1v) is 10.4. The molecule has 0 fully saturated rings. The Labute approximate surface area is 154 Å². The first-order valence-electron chi connectivity index (χ1n) is 8.96. The highest BCUT2D eigenvalue weighted by Gasteiger charge is 2.26. The van der Waals surface area contributed by atoms with E-state index in [1.54, 1.807) is 6.07 Å². The highest BCUT2D eigenvalue weighted by Crippen LogP contribution is 2.40. The van der Waals surface area contributed by atoms with E-state index in [-0.39, 0.29) is 0 Å². The maximum atomic E-state index is 12.7. The minimum Gasteiger partial charge on any atom is -0.493 e. The molecule has 2 aliphatic rings. The number of hydrogen-bond donors (Lipinski definition) is 1. The summed E-state index contributed by atoms with van der Waals surface area (Å²) in [5.41, 5.74) is 5.23. The van der Waals surface area contributed by atoms with Crippen molar-refractivity contribution < 1.29 is 17.9 Å². The summed E-state index contributed by atoms with van der Waals surface area (Å²) >= 11 is 0. The first kappa shape index (κ1) is 17.4. The molecule has 0 radical (unpaired) electrons. The van der Waals surface area contributed by atoms with Gasteiger partial charge in [0.15, 0.2) is 0 Å². The zero-order valence-electron chi connectivity index (χ0n) is 15.1. The topological polar surface area (TPSA) is 64.6 Å². The molecule has 2 aliphatic heterocycles. The second-order valence-electron chi connectivity index (χ2n) is 6.93. The molecule has 0 amide bonds. The Balaban J connectivity index is 1.54. The summed E-state index contributed by atoms with van der Waals surface area (Å²) in [5.74, 6) is 1.86. The van der Waals surface area contributed by atoms with Crippen LogP contribution in [0, 0.1) is 13.8 Å². The zero-order chi connectivity index (χ0) is 18.3. The van der Waals surface area contributed by atoms with Crippen LogP contribution in [-0.4, -0.2) is 28.2 Å². The smallest absolute Gasteiger partial charge is 0.240 e. The molecule has 0 bridgehead atoms. The molecular weight excluding hydrogens is 350 g/mol. The average molecular weight is 373 g/mol. The fourth-order valence-electron chi connectivity index (χ4n) is 3.84. The Morgan fingerprint density at radius 1 is 1.08 bits per heavy atom. The van der Waals surface area contributed by atoms with E-state index in [9.17, 15) is 8.42 Å². The Hall–Kier alpha value is -2.05. The molecule has 0 saturated carbocycles. The molecule has 5 nitrogen and oxygen atoms in total. The minimum absolute atomic E-state index is 0.335. The summed E-state index contributed by atoms with van der Waals surface area (Å²) in [5, 5.41) is 0. The number of rotatable bonds is 5. The van der Waals surface area contributed by atoms with E-state index < -0.39 is 10.0 Å². The van der Waals surface area contributed by atoms with E-state index in [1.807, 2.05) is 26.0 Å². The van der Waals surface area contributed by atoms with Crippen LogP contribution in [0.5, 0.6) is 11.5 Å². The SMILES string of the molecule is Cc1ccc(S(=O)(=O)NCCc2c3c(cc4c2OCC4)OCC3)c(C)c1. The summed E-state index contributed by atoms with van der Waals surface area (Å²) < 4.78 is 39.6. The van der Waals surface area contributed by atoms with Crippen LogP contribution >= 0.6 is 0 Å². The van der Waals surface area contributed by atoms with Crippen LogP contribution in [-0.2, 0) is 29.3 Å². The first-order chi connectivity index (χ1) is 12.5. The van der Waals surface area contributed by atoms with Gasteiger partial charge in [-0.05, 0) is 38.0 Å². The lowest BCUT2D eigenvalue weighted by molar-refractivity contribution is 0.353. The molecule has 2 aromatic rings. The molecule has 0 aromatic heterocycles. The molecule has 4 rings (SSSR count). The highest BCUT2D eigenvalue weighted by molar-refractivity contribution is 7.89. The van der Waals surface area contributed by atoms with Crippen molar-refractivity contribution in [1.82, 2.24) is 4.72 Å². The van der Waals surface area contributed by atoms with Gasteiger partial charge < -0.3 is 9.47 Å². The van der Waals surface area contributed by atoms with Gasteiger partial charge in [0, 0.05) is 36.1 Å². The summed E-state index contributed by atoms with van der Waals surface area (Å²) in [7, 11) is -3.53. The largest absolute Gasteiger partial charge is 0.493 e. The fourth-order valence-corrected chi connectivity index (χ4v) is 5.09. The third-order valence-electron chi connectivity index (χ3n) is 5.05. The van der Waals surface area contributed by atoms with E-state index in [4.69, 9.17) is 9.47 Å². The van der Waals surface area contributed by atoms with Gasteiger partial charge in [-0.3, -0.25) is 0 Å². The van der Waals surface area contributed by atoms with Crippen molar-refractivity contribution in [2.24, 2.45) is 0 Å². The molecule has 0 saturated heterocycles. The second kappa shape index (κ2) is 6.59. The third kappa shape index (κ3) is 3.08. The van der Waals surface area contributed by atoms with Crippen LogP contribution in [0.2, 0.25) is 0 Å². The molecule has 6 heteroatoms. The van der Waals surface area contributed by atoms with Crippen molar-refractivity contribution in [1.29, 1.82) is 0 Å². The summed E-state index contributed by atoms with van der Waals surface area (Å²) in [6.45, 7) is 5.47. The number of ether oxygens (including phenoxy) is 2. The van der Waals surface area contributed by atoms with E-state index in [0.29, 0.717) is 31.1 Å². The van der Waals surface area contributed by atoms with E-state index >= 15 is 0 Å². The Morgan fingerprint density at radius 2 is 1.88 bits per heavy atom. The summed E-state index contributed by atoms with van der Waals surface area (Å²) in [4.78, 5) is 0.339. The van der Waals surface area contributed by atoms with Gasteiger partial charge in [0.1, 0.15) is 11.5 Å². The lowest BCUT2D eigenvalue weighted by Gasteiger charge is -2.14. The standard InChI is InChI=1S/C20H23NO4S/c1-13-3-4-19(14(2)11-13)26(22,23)21-8-5-17-16-7-10-24-18(16)12-15-6-9-25-20(15)17/h3-4,11-12,21H,5-10H2,1-2H3. The van der Waals surface area contributed by atoms with Crippen molar-refractivity contribution in [2.75, 3.05) is 19.8 Å². The maximum Gasteiger partial charge on any atom is 0.240 e. The van der Waals surface area contributed by atoms with E-state index in [2.05, 4.69) is 10.8 Å². The van der Waals surface area contributed by atoms with Gasteiger partial charge in [0.2, 0.25) is 10.0 Å². The van der Waals surface area contributed by atoms with Gasteiger partial charge in [-0.1, -0.05) is 17.7 Å². The van der Waals surface area contributed by atoms with Crippen LogP contribution in [0.4, 0.5) is 0 Å². The zero-order valence-corrected chi connectivity index (χ0v) is 15.9. The van der Waals surface area contributed by atoms with Gasteiger partial charge in [0.05, 0.1) is 18.1 Å². The van der Waals surface area contributed by atoms with Gasteiger partial charge in [0.25, 0.3) is 0 Å². The lowest BCUT2D eigenvalue weighted by atomic mass is 9.97. The predicted molar refractivity (Wildman–Crippen MR) is 99.6 cm³/mol. The number of hydrogen-bond acceptors (Lipinski definition) is 4. The fraction of sp³-hybridized carbons (Fsp3) is 0.400. The van der Waals surface area contributed by atoms with Crippen molar-refractivity contribution >= 4 is 10.0 Å². The van der Waals surface area contributed by atoms with E-state index in [1.165, 1.54) is 0 Å². The Morgan fingerprint density at radius 3 is 2.69 bits per heavy atom. The van der Waals surface area contributed by atoms with Crippen molar-refractivity contribution in [3.05, 3.63) is 52.1 Å². The van der Waals surface area contributed by atoms with Gasteiger partial charge >= 0.3 is 0 Å². The maximum absolute atomic E-state index is 12.7. The summed E-state index contributed by atoms with van der Waals surface area (Å²) in [6, 6.07) is 7.45. The molecule has 2 aromatic carbocycles. The second-order valence-corrected chi connectivity index (χ2v) is 8.67. The normalized spacial score (nSPS) is 15.3. The van der Waals surface area contributed by atoms with Crippen molar-refractivity contribution in [2.45, 2.75) is 38.0 Å².